The SMILES string of the molecule is CCC(C)OCc1ccc(-c2nn(-c3ccccc3)c(C(=O)OC)c2C(=O)OC)cc1. The summed E-state index contributed by atoms with van der Waals surface area (Å²) in [6.45, 7) is 4.59. The Bertz CT molecular complexity index is 1040. The number of benzene rings is 2. The smallest absolute Gasteiger partial charge is 0.357 e. The fraction of sp³-hybridized carbons (Fsp3) is 0.292. The molecule has 7 heteroatoms. The summed E-state index contributed by atoms with van der Waals surface area (Å²) in [5.74, 6) is -1.34. The summed E-state index contributed by atoms with van der Waals surface area (Å²) < 4.78 is 17.1. The predicted octanol–water partition coefficient (Wildman–Crippen LogP) is 4.43. The first-order valence-electron chi connectivity index (χ1n) is 10.1. The van der Waals surface area contributed by atoms with Gasteiger partial charge in [-0.2, -0.15) is 5.10 Å². The molecule has 2 aromatic carbocycles. The summed E-state index contributed by atoms with van der Waals surface area (Å²) >= 11 is 0. The number of para-hydroxylation sites is 1. The lowest BCUT2D eigenvalue weighted by atomic mass is 10.0. The van der Waals surface area contributed by atoms with E-state index >= 15 is 0 Å². The molecular formula is C24H26N2O5. The normalized spacial score (nSPS) is 11.7. The standard InChI is InChI=1S/C24H26N2O5/c1-5-16(2)31-15-17-11-13-18(14-12-17)21-20(23(27)29-3)22(24(28)30-4)26(25-21)19-9-7-6-8-10-19/h6-14,16H,5,15H2,1-4H3. The molecule has 1 atom stereocenters. The van der Waals surface area contributed by atoms with Crippen LogP contribution in [0.2, 0.25) is 0 Å². The highest BCUT2D eigenvalue weighted by molar-refractivity contribution is 6.06. The van der Waals surface area contributed by atoms with E-state index in [0.717, 1.165) is 12.0 Å². The highest BCUT2D eigenvalue weighted by Crippen LogP contribution is 2.29. The lowest BCUT2D eigenvalue weighted by Gasteiger charge is -2.10. The number of carbonyl (C=O) groups is 2. The van der Waals surface area contributed by atoms with Crippen LogP contribution in [-0.4, -0.2) is 42.0 Å². The van der Waals surface area contributed by atoms with Gasteiger partial charge in [-0.3, -0.25) is 0 Å². The molecule has 3 aromatic rings. The topological polar surface area (TPSA) is 79.7 Å². The Hall–Kier alpha value is -3.45. The van der Waals surface area contributed by atoms with Crippen molar-refractivity contribution in [1.29, 1.82) is 0 Å². The molecule has 7 nitrogen and oxygen atoms in total. The second-order valence-corrected chi connectivity index (χ2v) is 7.03. The van der Waals surface area contributed by atoms with E-state index in [1.807, 2.05) is 49.4 Å². The van der Waals surface area contributed by atoms with Gasteiger partial charge in [0.05, 0.1) is 32.6 Å². The molecular weight excluding hydrogens is 396 g/mol. The quantitative estimate of drug-likeness (QED) is 0.500. The number of aromatic nitrogens is 2. The van der Waals surface area contributed by atoms with Crippen molar-refractivity contribution in [2.24, 2.45) is 0 Å². The van der Waals surface area contributed by atoms with Crippen LogP contribution < -0.4 is 0 Å². The maximum Gasteiger partial charge on any atom is 0.357 e. The first-order valence-corrected chi connectivity index (χ1v) is 10.1. The summed E-state index contributed by atoms with van der Waals surface area (Å²) in [7, 11) is 2.53. The van der Waals surface area contributed by atoms with Crippen LogP contribution in [0.3, 0.4) is 0 Å². The summed E-state index contributed by atoms with van der Waals surface area (Å²) in [4.78, 5) is 25.3. The number of hydrogen-bond donors (Lipinski definition) is 0. The molecule has 0 fully saturated rings. The minimum Gasteiger partial charge on any atom is -0.465 e. The molecule has 0 aliphatic rings. The van der Waals surface area contributed by atoms with E-state index in [0.29, 0.717) is 23.6 Å². The van der Waals surface area contributed by atoms with Crippen molar-refractivity contribution in [3.63, 3.8) is 0 Å². The number of carbonyl (C=O) groups excluding carboxylic acids is 2. The number of hydrogen-bond acceptors (Lipinski definition) is 6. The molecule has 0 aliphatic heterocycles. The van der Waals surface area contributed by atoms with Crippen molar-refractivity contribution >= 4 is 11.9 Å². The second-order valence-electron chi connectivity index (χ2n) is 7.03. The molecule has 162 valence electrons. The van der Waals surface area contributed by atoms with Crippen molar-refractivity contribution in [1.82, 2.24) is 9.78 Å². The largest absolute Gasteiger partial charge is 0.465 e. The Morgan fingerprint density at radius 3 is 2.19 bits per heavy atom. The van der Waals surface area contributed by atoms with E-state index in [1.165, 1.54) is 18.9 Å². The monoisotopic (exact) mass is 422 g/mol. The molecule has 0 N–H and O–H groups in total. The molecule has 0 aliphatic carbocycles. The Morgan fingerprint density at radius 1 is 0.968 bits per heavy atom. The third kappa shape index (κ3) is 4.83. The van der Waals surface area contributed by atoms with E-state index in [1.54, 1.807) is 12.1 Å². The fourth-order valence-corrected chi connectivity index (χ4v) is 3.07. The van der Waals surface area contributed by atoms with Gasteiger partial charge in [0.1, 0.15) is 11.3 Å². The van der Waals surface area contributed by atoms with Gasteiger partial charge in [0.2, 0.25) is 0 Å². The first kappa shape index (κ1) is 22.2. The molecule has 0 bridgehead atoms. The minimum atomic E-state index is -0.679. The van der Waals surface area contributed by atoms with Gasteiger partial charge in [-0.05, 0) is 31.0 Å². The van der Waals surface area contributed by atoms with Gasteiger partial charge in [-0.25, -0.2) is 14.3 Å². The third-order valence-corrected chi connectivity index (χ3v) is 4.99. The molecule has 0 saturated heterocycles. The number of ether oxygens (including phenoxy) is 3. The Balaban J connectivity index is 2.10. The van der Waals surface area contributed by atoms with E-state index < -0.39 is 11.9 Å². The summed E-state index contributed by atoms with van der Waals surface area (Å²) in [6, 6.07) is 16.6. The molecule has 0 amide bonds. The molecule has 3 rings (SSSR count). The maximum absolute atomic E-state index is 12.7. The van der Waals surface area contributed by atoms with Crippen molar-refractivity contribution in [3.8, 4) is 16.9 Å². The van der Waals surface area contributed by atoms with E-state index in [2.05, 4.69) is 12.0 Å². The van der Waals surface area contributed by atoms with E-state index in [4.69, 9.17) is 14.2 Å². The van der Waals surface area contributed by atoms with Gasteiger partial charge >= 0.3 is 11.9 Å². The zero-order valence-corrected chi connectivity index (χ0v) is 18.1. The minimum absolute atomic E-state index is 0.0136. The van der Waals surface area contributed by atoms with Gasteiger partial charge in [0.15, 0.2) is 5.69 Å². The zero-order chi connectivity index (χ0) is 22.4. The molecule has 1 heterocycles. The third-order valence-electron chi connectivity index (χ3n) is 4.99. The van der Waals surface area contributed by atoms with Crippen LogP contribution in [0.1, 0.15) is 46.7 Å². The second kappa shape index (κ2) is 10.0. The van der Waals surface area contributed by atoms with Gasteiger partial charge in [0, 0.05) is 5.56 Å². The van der Waals surface area contributed by atoms with Crippen molar-refractivity contribution < 1.29 is 23.8 Å². The van der Waals surface area contributed by atoms with Gasteiger partial charge in [0.25, 0.3) is 0 Å². The number of methoxy groups -OCH3 is 2. The molecule has 1 aromatic heterocycles. The van der Waals surface area contributed by atoms with E-state index in [9.17, 15) is 9.59 Å². The molecule has 1 unspecified atom stereocenters. The lowest BCUT2D eigenvalue weighted by Crippen LogP contribution is -2.15. The maximum atomic E-state index is 12.7. The average Bonchev–Trinajstić information content (AvgIpc) is 3.23. The summed E-state index contributed by atoms with van der Waals surface area (Å²) in [5.41, 5.74) is 2.71. The number of nitrogens with zero attached hydrogens (tertiary/aromatic N) is 2. The van der Waals surface area contributed by atoms with Crippen molar-refractivity contribution in [2.45, 2.75) is 33.0 Å². The predicted molar refractivity (Wildman–Crippen MR) is 116 cm³/mol. The van der Waals surface area contributed by atoms with Crippen LogP contribution in [0.5, 0.6) is 0 Å². The zero-order valence-electron chi connectivity index (χ0n) is 18.1. The lowest BCUT2D eigenvalue weighted by molar-refractivity contribution is 0.0508. The summed E-state index contributed by atoms with van der Waals surface area (Å²) in [6.07, 6.45) is 1.11. The fourth-order valence-electron chi connectivity index (χ4n) is 3.07. The molecule has 0 saturated carbocycles. The van der Waals surface area contributed by atoms with Crippen LogP contribution in [0.15, 0.2) is 54.6 Å². The summed E-state index contributed by atoms with van der Waals surface area (Å²) in [5, 5.41) is 4.59. The van der Waals surface area contributed by atoms with Gasteiger partial charge in [-0.1, -0.05) is 49.4 Å². The van der Waals surface area contributed by atoms with Crippen LogP contribution in [0.4, 0.5) is 0 Å². The average molecular weight is 422 g/mol. The molecule has 0 spiro atoms. The number of rotatable bonds is 8. The van der Waals surface area contributed by atoms with Crippen LogP contribution in [0.25, 0.3) is 16.9 Å². The Labute approximate surface area is 181 Å². The van der Waals surface area contributed by atoms with Crippen LogP contribution >= 0.6 is 0 Å². The Morgan fingerprint density at radius 2 is 1.61 bits per heavy atom. The van der Waals surface area contributed by atoms with E-state index in [-0.39, 0.29) is 17.4 Å². The number of esters is 2. The highest BCUT2D eigenvalue weighted by atomic mass is 16.5. The van der Waals surface area contributed by atoms with Crippen LogP contribution in [0, 0.1) is 0 Å². The van der Waals surface area contributed by atoms with Crippen molar-refractivity contribution in [2.75, 3.05) is 14.2 Å². The molecule has 0 radical (unpaired) electrons. The van der Waals surface area contributed by atoms with Gasteiger partial charge in [-0.15, -0.1) is 0 Å². The van der Waals surface area contributed by atoms with Crippen molar-refractivity contribution in [3.05, 3.63) is 71.4 Å². The Kier molecular flexibility index (Phi) is 7.20. The van der Waals surface area contributed by atoms with Gasteiger partial charge < -0.3 is 14.2 Å². The molecule has 31 heavy (non-hydrogen) atoms. The van der Waals surface area contributed by atoms with Crippen LogP contribution in [-0.2, 0) is 20.8 Å². The first-order chi connectivity index (χ1) is 15.0. The highest BCUT2D eigenvalue weighted by Gasteiger charge is 2.31.